The van der Waals surface area contributed by atoms with Gasteiger partial charge in [-0.15, -0.1) is 0 Å². The van der Waals surface area contributed by atoms with Gasteiger partial charge in [-0.3, -0.25) is 0 Å². The zero-order valence-electron chi connectivity index (χ0n) is 11.8. The molecule has 0 radical (unpaired) electrons. The first kappa shape index (κ1) is 14.2. The van der Waals surface area contributed by atoms with Crippen LogP contribution in [0.4, 0.5) is 0 Å². The van der Waals surface area contributed by atoms with E-state index in [0.717, 1.165) is 31.6 Å². The SMILES string of the molecule is COc1cc(C2CCNCC2)ccc1-n1ncc(O)c1Cl. The van der Waals surface area contributed by atoms with Crippen molar-refractivity contribution in [2.45, 2.75) is 18.8 Å². The Morgan fingerprint density at radius 2 is 2.14 bits per heavy atom. The van der Waals surface area contributed by atoms with Crippen molar-refractivity contribution in [1.29, 1.82) is 0 Å². The van der Waals surface area contributed by atoms with Crippen LogP contribution in [0.1, 0.15) is 24.3 Å². The summed E-state index contributed by atoms with van der Waals surface area (Å²) in [4.78, 5) is 0. The molecule has 1 saturated heterocycles. The van der Waals surface area contributed by atoms with Gasteiger partial charge in [0.1, 0.15) is 11.4 Å². The van der Waals surface area contributed by atoms with E-state index in [-0.39, 0.29) is 10.9 Å². The molecule has 0 bridgehead atoms. The van der Waals surface area contributed by atoms with Crippen molar-refractivity contribution in [2.24, 2.45) is 0 Å². The highest BCUT2D eigenvalue weighted by molar-refractivity contribution is 6.31. The van der Waals surface area contributed by atoms with Gasteiger partial charge in [-0.05, 0) is 49.5 Å². The third-order valence-corrected chi connectivity index (χ3v) is 4.29. The summed E-state index contributed by atoms with van der Waals surface area (Å²) < 4.78 is 6.95. The lowest BCUT2D eigenvalue weighted by molar-refractivity contribution is 0.408. The first-order valence-corrected chi connectivity index (χ1v) is 7.40. The Labute approximate surface area is 128 Å². The molecule has 5 nitrogen and oxygen atoms in total. The lowest BCUT2D eigenvalue weighted by Gasteiger charge is -2.23. The summed E-state index contributed by atoms with van der Waals surface area (Å²) in [5.74, 6) is 1.22. The van der Waals surface area contributed by atoms with E-state index >= 15 is 0 Å². The standard InChI is InChI=1S/C15H18ClN3O2/c1-21-14-8-11(10-4-6-17-7-5-10)2-3-12(14)19-15(16)13(20)9-18-19/h2-3,8-10,17,20H,4-7H2,1H3. The predicted molar refractivity (Wildman–Crippen MR) is 81.6 cm³/mol. The van der Waals surface area contributed by atoms with Gasteiger partial charge in [-0.1, -0.05) is 17.7 Å². The zero-order valence-corrected chi connectivity index (χ0v) is 12.6. The normalized spacial score (nSPS) is 16.1. The molecule has 1 aliphatic rings. The van der Waals surface area contributed by atoms with Crippen LogP contribution in [0.25, 0.3) is 5.69 Å². The van der Waals surface area contributed by atoms with E-state index in [9.17, 15) is 5.11 Å². The minimum Gasteiger partial charge on any atom is -0.504 e. The lowest BCUT2D eigenvalue weighted by Crippen LogP contribution is -2.26. The van der Waals surface area contributed by atoms with E-state index in [2.05, 4.69) is 16.5 Å². The second-order valence-corrected chi connectivity index (χ2v) is 5.55. The minimum atomic E-state index is -0.0406. The first-order valence-electron chi connectivity index (χ1n) is 7.02. The van der Waals surface area contributed by atoms with E-state index in [4.69, 9.17) is 16.3 Å². The van der Waals surface area contributed by atoms with E-state index in [1.807, 2.05) is 12.1 Å². The molecule has 1 aliphatic heterocycles. The van der Waals surface area contributed by atoms with Gasteiger partial charge in [-0.2, -0.15) is 5.10 Å². The molecule has 2 heterocycles. The number of hydrogen-bond donors (Lipinski definition) is 2. The van der Waals surface area contributed by atoms with Crippen LogP contribution >= 0.6 is 11.6 Å². The maximum absolute atomic E-state index is 9.56. The molecular formula is C15H18ClN3O2. The monoisotopic (exact) mass is 307 g/mol. The molecule has 0 atom stereocenters. The van der Waals surface area contributed by atoms with Crippen LogP contribution in [0.15, 0.2) is 24.4 Å². The average molecular weight is 308 g/mol. The molecule has 0 unspecified atom stereocenters. The molecule has 2 N–H and O–H groups in total. The molecular weight excluding hydrogens is 290 g/mol. The van der Waals surface area contributed by atoms with Crippen LogP contribution in [0.5, 0.6) is 11.5 Å². The molecule has 1 aromatic carbocycles. The third kappa shape index (κ3) is 2.71. The van der Waals surface area contributed by atoms with E-state index in [1.54, 1.807) is 7.11 Å². The first-order chi connectivity index (χ1) is 10.2. The van der Waals surface area contributed by atoms with Crippen LogP contribution < -0.4 is 10.1 Å². The second kappa shape index (κ2) is 5.95. The molecule has 1 fully saturated rings. The van der Waals surface area contributed by atoms with Gasteiger partial charge in [0.15, 0.2) is 10.9 Å². The summed E-state index contributed by atoms with van der Waals surface area (Å²) in [6.45, 7) is 2.10. The van der Waals surface area contributed by atoms with Crippen molar-refractivity contribution in [1.82, 2.24) is 15.1 Å². The topological polar surface area (TPSA) is 59.3 Å². The van der Waals surface area contributed by atoms with Gasteiger partial charge in [0.05, 0.1) is 13.3 Å². The molecule has 112 valence electrons. The Kier molecular flexibility index (Phi) is 4.03. The Morgan fingerprint density at radius 1 is 1.38 bits per heavy atom. The van der Waals surface area contributed by atoms with E-state index in [1.165, 1.54) is 16.4 Å². The maximum atomic E-state index is 9.56. The average Bonchev–Trinajstić information content (AvgIpc) is 2.87. The second-order valence-electron chi connectivity index (χ2n) is 5.19. The Balaban J connectivity index is 1.97. The van der Waals surface area contributed by atoms with Gasteiger partial charge < -0.3 is 15.2 Å². The van der Waals surface area contributed by atoms with Crippen LogP contribution in [0.3, 0.4) is 0 Å². The molecule has 1 aromatic heterocycles. The minimum absolute atomic E-state index is 0.0406. The van der Waals surface area contributed by atoms with Crippen molar-refractivity contribution in [3.8, 4) is 17.2 Å². The van der Waals surface area contributed by atoms with Gasteiger partial charge in [0, 0.05) is 0 Å². The van der Waals surface area contributed by atoms with Gasteiger partial charge in [0.2, 0.25) is 0 Å². The third-order valence-electron chi connectivity index (χ3n) is 3.94. The fourth-order valence-electron chi connectivity index (χ4n) is 2.77. The number of nitrogens with one attached hydrogen (secondary N) is 1. The predicted octanol–water partition coefficient (Wildman–Crippen LogP) is 2.71. The summed E-state index contributed by atoms with van der Waals surface area (Å²) in [7, 11) is 1.63. The summed E-state index contributed by atoms with van der Waals surface area (Å²) in [6, 6.07) is 6.07. The van der Waals surface area contributed by atoms with Crippen LogP contribution in [0, 0.1) is 0 Å². The molecule has 3 rings (SSSR count). The van der Waals surface area contributed by atoms with Gasteiger partial charge in [0.25, 0.3) is 0 Å². The van der Waals surface area contributed by atoms with Crippen LogP contribution in [-0.4, -0.2) is 35.1 Å². The smallest absolute Gasteiger partial charge is 0.174 e. The highest BCUT2D eigenvalue weighted by Crippen LogP contribution is 2.34. The fraction of sp³-hybridized carbons (Fsp3) is 0.400. The number of rotatable bonds is 3. The Bertz CT molecular complexity index is 636. The number of nitrogens with zero attached hydrogens (tertiary/aromatic N) is 2. The lowest BCUT2D eigenvalue weighted by atomic mass is 9.90. The summed E-state index contributed by atoms with van der Waals surface area (Å²) in [5, 5.41) is 17.2. The quantitative estimate of drug-likeness (QED) is 0.915. The molecule has 0 amide bonds. The molecule has 2 aromatic rings. The van der Waals surface area contributed by atoms with Gasteiger partial charge in [-0.25, -0.2) is 4.68 Å². The number of halogens is 1. The number of methoxy groups -OCH3 is 1. The Hall–Kier alpha value is -1.72. The van der Waals surface area contributed by atoms with Crippen LogP contribution in [0.2, 0.25) is 5.15 Å². The van der Waals surface area contributed by atoms with Crippen molar-refractivity contribution >= 4 is 11.6 Å². The molecule has 6 heteroatoms. The van der Waals surface area contributed by atoms with Crippen molar-refractivity contribution < 1.29 is 9.84 Å². The molecule has 0 spiro atoms. The fourth-order valence-corrected chi connectivity index (χ4v) is 2.95. The molecule has 21 heavy (non-hydrogen) atoms. The number of benzene rings is 1. The molecule has 0 aliphatic carbocycles. The van der Waals surface area contributed by atoms with Crippen LogP contribution in [-0.2, 0) is 0 Å². The van der Waals surface area contributed by atoms with Crippen molar-refractivity contribution in [3.63, 3.8) is 0 Å². The zero-order chi connectivity index (χ0) is 14.8. The van der Waals surface area contributed by atoms with E-state index in [0.29, 0.717) is 11.7 Å². The molecule has 0 saturated carbocycles. The largest absolute Gasteiger partial charge is 0.504 e. The Morgan fingerprint density at radius 3 is 2.76 bits per heavy atom. The summed E-state index contributed by atoms with van der Waals surface area (Å²) in [5.41, 5.74) is 1.99. The number of aromatic nitrogens is 2. The number of aromatic hydroxyl groups is 1. The highest BCUT2D eigenvalue weighted by atomic mass is 35.5. The number of piperidine rings is 1. The number of ether oxygens (including phenoxy) is 1. The maximum Gasteiger partial charge on any atom is 0.174 e. The summed E-state index contributed by atoms with van der Waals surface area (Å²) >= 11 is 6.05. The summed E-state index contributed by atoms with van der Waals surface area (Å²) in [6.07, 6.45) is 3.58. The van der Waals surface area contributed by atoms with E-state index < -0.39 is 0 Å². The van der Waals surface area contributed by atoms with Crippen molar-refractivity contribution in [2.75, 3.05) is 20.2 Å². The highest BCUT2D eigenvalue weighted by Gasteiger charge is 2.18. The number of hydrogen-bond acceptors (Lipinski definition) is 4. The van der Waals surface area contributed by atoms with Crippen molar-refractivity contribution in [3.05, 3.63) is 35.1 Å². The van der Waals surface area contributed by atoms with Gasteiger partial charge >= 0.3 is 0 Å².